The van der Waals surface area contributed by atoms with Crippen molar-refractivity contribution >= 4 is 35.6 Å². The first kappa shape index (κ1) is 39.2. The fourth-order valence-corrected chi connectivity index (χ4v) is 6.96. The number of amides is 3. The van der Waals surface area contributed by atoms with Gasteiger partial charge >= 0.3 is 0 Å². The maximum atomic E-state index is 13.9. The number of phenols is 2. The monoisotopic (exact) mass is 741 g/mol. The third-order valence-corrected chi connectivity index (χ3v) is 9.69. The molecule has 10 N–H and O–H groups in total. The number of hydrogen-bond acceptors (Lipinski definition) is 15. The molecule has 0 saturated carbocycles. The van der Waals surface area contributed by atoms with Crippen LogP contribution in [0.1, 0.15) is 101 Å². The zero-order valence-corrected chi connectivity index (χ0v) is 29.3. The number of methoxy groups -OCH3 is 1. The number of aliphatic hydroxyl groups excluding tert-OH is 1. The number of aromatic hydroxyl groups is 2. The minimum absolute atomic E-state index is 0.0269. The van der Waals surface area contributed by atoms with Crippen molar-refractivity contribution in [3.8, 4) is 17.2 Å². The Hall–Kier alpha value is -4.98. The Morgan fingerprint density at radius 3 is 2.32 bits per heavy atom. The lowest BCUT2D eigenvalue weighted by molar-refractivity contribution is -0.248. The zero-order valence-electron chi connectivity index (χ0n) is 29.3. The Balaban J connectivity index is 1.44. The molecule has 5 unspecified atom stereocenters. The Morgan fingerprint density at radius 1 is 1.04 bits per heavy atom. The maximum absolute atomic E-state index is 13.9. The number of nitrogens with one attached hydrogen (secondary N) is 4. The number of fused-ring (bicyclic) bond motifs is 3. The molecule has 2 aromatic rings. The van der Waals surface area contributed by atoms with E-state index in [9.17, 15) is 49.2 Å². The molecule has 3 aliphatic rings. The van der Waals surface area contributed by atoms with E-state index in [2.05, 4.69) is 21.7 Å². The Labute approximate surface area is 303 Å². The largest absolute Gasteiger partial charge is 0.507 e. The molecule has 1 saturated heterocycles. The van der Waals surface area contributed by atoms with Gasteiger partial charge in [-0.15, -0.1) is 0 Å². The number of aldehydes is 1. The summed E-state index contributed by atoms with van der Waals surface area (Å²) in [7, 11) is 1.31. The number of hydrogen-bond donors (Lipinski definition) is 9. The highest BCUT2D eigenvalue weighted by Gasteiger charge is 2.50. The number of carbonyl (C=O) groups is 6. The number of ketones is 2. The molecule has 0 bridgehead atoms. The lowest BCUT2D eigenvalue weighted by Crippen LogP contribution is -2.60. The van der Waals surface area contributed by atoms with Crippen LogP contribution in [0.4, 0.5) is 0 Å². The zero-order chi connectivity index (χ0) is 38.8. The highest BCUT2D eigenvalue weighted by Crippen LogP contribution is 2.52. The molecule has 2 aliphatic carbocycles. The maximum Gasteiger partial charge on any atom is 0.238 e. The first-order valence-electron chi connectivity index (χ1n) is 17.0. The number of rotatable bonds is 12. The molecule has 18 heteroatoms. The molecule has 2 aromatic carbocycles. The minimum Gasteiger partial charge on any atom is -0.507 e. The van der Waals surface area contributed by atoms with Crippen LogP contribution in [0, 0.1) is 0 Å². The van der Waals surface area contributed by atoms with Crippen molar-refractivity contribution in [2.75, 3.05) is 7.11 Å². The second-order valence-corrected chi connectivity index (χ2v) is 13.4. The smallest absolute Gasteiger partial charge is 0.238 e. The average molecular weight is 742 g/mol. The predicted molar refractivity (Wildman–Crippen MR) is 181 cm³/mol. The lowest BCUT2D eigenvalue weighted by Gasteiger charge is -2.44. The van der Waals surface area contributed by atoms with E-state index in [-0.39, 0.29) is 53.7 Å². The molecule has 286 valence electrons. The highest BCUT2D eigenvalue weighted by molar-refractivity contribution is 6.31. The van der Waals surface area contributed by atoms with Crippen LogP contribution in [0.3, 0.4) is 0 Å². The molecule has 0 radical (unpaired) electrons. The molecule has 1 heterocycles. The normalized spacial score (nSPS) is 25.3. The van der Waals surface area contributed by atoms with E-state index in [0.29, 0.717) is 12.7 Å². The fourth-order valence-electron chi connectivity index (χ4n) is 6.96. The second-order valence-electron chi connectivity index (χ2n) is 13.4. The van der Waals surface area contributed by atoms with Gasteiger partial charge in [-0.3, -0.25) is 40.3 Å². The third kappa shape index (κ3) is 7.87. The van der Waals surface area contributed by atoms with Crippen molar-refractivity contribution in [1.29, 1.82) is 0 Å². The van der Waals surface area contributed by atoms with Gasteiger partial charge < -0.3 is 45.2 Å². The predicted octanol–water partition coefficient (Wildman–Crippen LogP) is -0.644. The van der Waals surface area contributed by atoms with E-state index in [0.717, 1.165) is 0 Å². The van der Waals surface area contributed by atoms with Crippen molar-refractivity contribution in [3.63, 3.8) is 0 Å². The van der Waals surface area contributed by atoms with Gasteiger partial charge in [0, 0.05) is 61.8 Å². The Morgan fingerprint density at radius 2 is 1.70 bits per heavy atom. The van der Waals surface area contributed by atoms with E-state index in [1.165, 1.54) is 32.2 Å². The van der Waals surface area contributed by atoms with Gasteiger partial charge in [-0.1, -0.05) is 12.1 Å². The summed E-state index contributed by atoms with van der Waals surface area (Å²) in [5.74, 6) is -4.45. The Bertz CT molecular complexity index is 1810. The first-order chi connectivity index (χ1) is 25.1. The van der Waals surface area contributed by atoms with Crippen LogP contribution in [-0.2, 0) is 35.1 Å². The lowest BCUT2D eigenvalue weighted by atomic mass is 9.71. The van der Waals surface area contributed by atoms with Crippen LogP contribution < -0.4 is 32.2 Å². The Kier molecular flexibility index (Phi) is 11.8. The van der Waals surface area contributed by atoms with Crippen LogP contribution in [0.25, 0.3) is 0 Å². The number of ether oxygens (including phenoxy) is 3. The van der Waals surface area contributed by atoms with Gasteiger partial charge in [-0.05, 0) is 25.8 Å². The number of hydrazine groups is 2. The van der Waals surface area contributed by atoms with Crippen molar-refractivity contribution in [1.82, 2.24) is 21.7 Å². The molecule has 5 rings (SSSR count). The van der Waals surface area contributed by atoms with E-state index in [1.54, 1.807) is 6.92 Å². The summed E-state index contributed by atoms with van der Waals surface area (Å²) < 4.78 is 17.3. The van der Waals surface area contributed by atoms with Crippen molar-refractivity contribution in [2.45, 2.75) is 101 Å². The number of carbonyl (C=O) groups excluding carboxylic acids is 6. The topological polar surface area (TPSA) is 285 Å². The van der Waals surface area contributed by atoms with E-state index in [4.69, 9.17) is 19.9 Å². The first-order valence-corrected chi connectivity index (χ1v) is 17.0. The van der Waals surface area contributed by atoms with Gasteiger partial charge in [-0.25, -0.2) is 5.43 Å². The van der Waals surface area contributed by atoms with Gasteiger partial charge in [0.05, 0.1) is 47.7 Å². The van der Waals surface area contributed by atoms with Crippen LogP contribution in [0.2, 0.25) is 0 Å². The molecule has 53 heavy (non-hydrogen) atoms. The van der Waals surface area contributed by atoms with Crippen LogP contribution in [-0.4, -0.2) is 99.3 Å². The summed E-state index contributed by atoms with van der Waals surface area (Å²) in [5.41, 5.74) is 11.6. The molecule has 18 nitrogen and oxygen atoms in total. The number of phenolic OH excluding ortho intramolecular Hbond substituents is 2. The van der Waals surface area contributed by atoms with Crippen LogP contribution in [0.15, 0.2) is 18.2 Å². The summed E-state index contributed by atoms with van der Waals surface area (Å²) >= 11 is 0. The number of aliphatic hydroxyl groups is 2. The fraction of sp³-hybridized carbons (Fsp3) is 0.486. The quantitative estimate of drug-likeness (QED) is 0.0483. The number of unbranched alkanes of at least 4 members (excludes halogenated alkanes) is 1. The van der Waals surface area contributed by atoms with Gasteiger partial charge in [0.25, 0.3) is 0 Å². The highest BCUT2D eigenvalue weighted by atomic mass is 16.7. The summed E-state index contributed by atoms with van der Waals surface area (Å²) in [5, 5.41) is 45.9. The SMILES string of the molecule is COc1cccc2c1C(=O)c1c(O)c3c(c(O)c1C2=O)C[C@@](O)(C(C=O)NNC(=O)CCCCC(=O)NNC(C)=O)C[C@@H]3OC1CC(N)C(O)C(C)O1. The minimum atomic E-state index is -2.16. The van der Waals surface area contributed by atoms with Crippen molar-refractivity contribution < 1.29 is 63.4 Å². The molecule has 1 aliphatic heterocycles. The van der Waals surface area contributed by atoms with Gasteiger partial charge in [-0.2, -0.15) is 0 Å². The summed E-state index contributed by atoms with van der Waals surface area (Å²) in [6.45, 7) is 2.79. The molecular formula is C35H43N5O13. The molecule has 7 atom stereocenters. The van der Waals surface area contributed by atoms with Crippen molar-refractivity contribution in [2.24, 2.45) is 5.73 Å². The van der Waals surface area contributed by atoms with E-state index < -0.39 is 107 Å². The summed E-state index contributed by atoms with van der Waals surface area (Å²) in [4.78, 5) is 75.6. The van der Waals surface area contributed by atoms with Gasteiger partial charge in [0.1, 0.15) is 29.6 Å². The summed E-state index contributed by atoms with van der Waals surface area (Å²) in [6.07, 6.45) is -4.56. The average Bonchev–Trinajstić information content (AvgIpc) is 3.11. The third-order valence-electron chi connectivity index (χ3n) is 9.69. The van der Waals surface area contributed by atoms with Crippen LogP contribution in [0.5, 0.6) is 17.2 Å². The molecular weight excluding hydrogens is 698 g/mol. The molecule has 0 aromatic heterocycles. The van der Waals surface area contributed by atoms with Gasteiger partial charge in [0.15, 0.2) is 12.1 Å². The molecule has 1 fully saturated rings. The number of nitrogens with two attached hydrogens (primary N) is 1. The van der Waals surface area contributed by atoms with Crippen LogP contribution >= 0.6 is 0 Å². The van der Waals surface area contributed by atoms with E-state index in [1.807, 2.05) is 0 Å². The van der Waals surface area contributed by atoms with Gasteiger partial charge in [0.2, 0.25) is 23.5 Å². The standard InChI is InChI=1S/C35H43N5O13/c1-15-30(45)19(36)11-25(52-15)53-21-13-35(50,22(14-41)38-40-24(44)10-5-4-9-23(43)39-37-16(2)42)12-18-27(21)34(49)29-28(32(18)47)31(46)17-7-6-8-20(51-3)26(17)33(29)48/h6-8,14-15,19,21-22,25,30,38,45,47,49-50H,4-5,9-13,36H2,1-3H3,(H,37,42)(H,39,43)(H,40,44)/t15?,19?,21-,22?,25?,30?,35-/m0/s1. The number of benzene rings is 2. The second kappa shape index (κ2) is 15.9. The molecule has 0 spiro atoms. The van der Waals surface area contributed by atoms with Crippen molar-refractivity contribution in [3.05, 3.63) is 51.6 Å². The summed E-state index contributed by atoms with van der Waals surface area (Å²) in [6, 6.07) is 1.98. The molecule has 3 amide bonds. The van der Waals surface area contributed by atoms with E-state index >= 15 is 0 Å².